The molecule has 1 aliphatic rings. The van der Waals surface area contributed by atoms with Gasteiger partial charge in [0, 0.05) is 13.0 Å². The Morgan fingerprint density at radius 3 is 2.55 bits per heavy atom. The van der Waals surface area contributed by atoms with Crippen LogP contribution in [0, 0.1) is 0 Å². The molecule has 0 spiro atoms. The second-order valence-corrected chi connectivity index (χ2v) is 2.66. The van der Waals surface area contributed by atoms with Crippen LogP contribution in [0.4, 0.5) is 0 Å². The highest BCUT2D eigenvalue weighted by Crippen LogP contribution is 2.17. The third kappa shape index (κ3) is 1.88. The number of ether oxygens (including phenoxy) is 1. The molecule has 5 heteroatoms. The van der Waals surface area contributed by atoms with Crippen molar-refractivity contribution in [1.29, 1.82) is 0 Å². The summed E-state index contributed by atoms with van der Waals surface area (Å²) in [5.41, 5.74) is 5.21. The fourth-order valence-corrected chi connectivity index (χ4v) is 1.13. The Labute approximate surface area is 64.4 Å². The molecule has 5 N–H and O–H groups in total. The van der Waals surface area contributed by atoms with Crippen LogP contribution in [-0.2, 0) is 4.74 Å². The van der Waals surface area contributed by atoms with Crippen molar-refractivity contribution >= 4 is 0 Å². The summed E-state index contributed by atoms with van der Waals surface area (Å²) in [7, 11) is 0. The first kappa shape index (κ1) is 8.89. The van der Waals surface area contributed by atoms with E-state index >= 15 is 0 Å². The van der Waals surface area contributed by atoms with Crippen LogP contribution in [-0.4, -0.2) is 46.5 Å². The molecule has 11 heavy (non-hydrogen) atoms. The van der Waals surface area contributed by atoms with Gasteiger partial charge in [-0.3, -0.25) is 0 Å². The Balaban J connectivity index is 2.51. The number of aliphatic hydroxyl groups excluding tert-OH is 3. The minimum atomic E-state index is -1.01. The minimum absolute atomic E-state index is 0.0394. The molecule has 0 radical (unpaired) electrons. The minimum Gasteiger partial charge on any atom is -0.390 e. The first-order valence-electron chi connectivity index (χ1n) is 3.55. The Kier molecular flexibility index (Phi) is 2.80. The van der Waals surface area contributed by atoms with Gasteiger partial charge in [0.25, 0.3) is 0 Å². The molecule has 0 aliphatic carbocycles. The monoisotopic (exact) mass is 163 g/mol. The van der Waals surface area contributed by atoms with E-state index in [2.05, 4.69) is 0 Å². The van der Waals surface area contributed by atoms with E-state index in [-0.39, 0.29) is 13.0 Å². The molecule has 3 unspecified atom stereocenters. The third-order valence-electron chi connectivity index (χ3n) is 1.78. The molecule has 1 rings (SSSR count). The van der Waals surface area contributed by atoms with Crippen LogP contribution in [0.1, 0.15) is 6.42 Å². The fraction of sp³-hybridized carbons (Fsp3) is 1.00. The summed E-state index contributed by atoms with van der Waals surface area (Å²) in [4.78, 5) is 0. The molecular formula is C6H13NO4. The van der Waals surface area contributed by atoms with Gasteiger partial charge in [-0.25, -0.2) is 0 Å². The number of nitrogens with two attached hydrogens (primary N) is 1. The first-order chi connectivity index (χ1) is 5.15. The van der Waals surface area contributed by atoms with E-state index in [1.54, 1.807) is 0 Å². The van der Waals surface area contributed by atoms with E-state index in [4.69, 9.17) is 20.7 Å². The Hall–Kier alpha value is -0.200. The van der Waals surface area contributed by atoms with Crippen molar-refractivity contribution in [3.63, 3.8) is 0 Å². The summed E-state index contributed by atoms with van der Waals surface area (Å²) >= 11 is 0. The van der Waals surface area contributed by atoms with Gasteiger partial charge in [-0.15, -0.1) is 0 Å². The topological polar surface area (TPSA) is 95.9 Å². The van der Waals surface area contributed by atoms with E-state index in [1.807, 2.05) is 0 Å². The van der Waals surface area contributed by atoms with Crippen molar-refractivity contribution in [2.24, 2.45) is 5.73 Å². The lowest BCUT2D eigenvalue weighted by molar-refractivity contribution is -0.228. The van der Waals surface area contributed by atoms with E-state index < -0.39 is 24.6 Å². The number of aliphatic hydroxyl groups is 3. The third-order valence-corrected chi connectivity index (χ3v) is 1.78. The number of hydrogen-bond donors (Lipinski definition) is 4. The van der Waals surface area contributed by atoms with Gasteiger partial charge in [-0.2, -0.15) is 0 Å². The van der Waals surface area contributed by atoms with Crippen LogP contribution in [0.25, 0.3) is 0 Å². The maximum absolute atomic E-state index is 9.19. The van der Waals surface area contributed by atoms with E-state index in [0.29, 0.717) is 0 Å². The Morgan fingerprint density at radius 1 is 1.36 bits per heavy atom. The van der Waals surface area contributed by atoms with Crippen molar-refractivity contribution in [1.82, 2.24) is 0 Å². The van der Waals surface area contributed by atoms with Gasteiger partial charge in [0.15, 0.2) is 6.29 Å². The zero-order valence-corrected chi connectivity index (χ0v) is 6.05. The summed E-state index contributed by atoms with van der Waals surface area (Å²) in [6.07, 6.45) is -3.55. The predicted molar refractivity (Wildman–Crippen MR) is 36.6 cm³/mol. The molecule has 0 aromatic rings. The number of hydrogen-bond acceptors (Lipinski definition) is 5. The second kappa shape index (κ2) is 3.46. The van der Waals surface area contributed by atoms with Gasteiger partial charge in [0.05, 0.1) is 6.10 Å². The molecule has 1 aliphatic heterocycles. The van der Waals surface area contributed by atoms with Crippen molar-refractivity contribution in [3.8, 4) is 0 Å². The SMILES string of the molecule is NCC1O[C@@H](O)CC(O)C1O. The fourth-order valence-electron chi connectivity index (χ4n) is 1.13. The first-order valence-corrected chi connectivity index (χ1v) is 3.55. The molecule has 0 bridgehead atoms. The summed E-state index contributed by atoms with van der Waals surface area (Å²) in [5, 5.41) is 27.2. The standard InChI is InChI=1S/C6H13NO4/c7-2-4-6(10)3(8)1-5(9)11-4/h3-6,8-10H,1-2,7H2/t3?,4?,5-,6?/m1/s1. The van der Waals surface area contributed by atoms with Gasteiger partial charge in [-0.1, -0.05) is 0 Å². The molecule has 0 amide bonds. The molecule has 66 valence electrons. The van der Waals surface area contributed by atoms with E-state index in [9.17, 15) is 5.11 Å². The highest BCUT2D eigenvalue weighted by atomic mass is 16.6. The zero-order chi connectivity index (χ0) is 8.43. The molecule has 1 heterocycles. The van der Waals surface area contributed by atoms with Crippen molar-refractivity contribution < 1.29 is 20.1 Å². The summed E-state index contributed by atoms with van der Waals surface area (Å²) in [5.74, 6) is 0. The van der Waals surface area contributed by atoms with Crippen molar-refractivity contribution in [3.05, 3.63) is 0 Å². The second-order valence-electron chi connectivity index (χ2n) is 2.66. The van der Waals surface area contributed by atoms with Crippen molar-refractivity contribution in [2.45, 2.75) is 31.0 Å². The molecule has 1 fully saturated rings. The smallest absolute Gasteiger partial charge is 0.157 e. The highest BCUT2D eigenvalue weighted by molar-refractivity contribution is 4.82. The number of rotatable bonds is 1. The molecule has 0 aromatic carbocycles. The molecule has 4 atom stereocenters. The van der Waals surface area contributed by atoms with Crippen LogP contribution >= 0.6 is 0 Å². The van der Waals surface area contributed by atoms with Crippen LogP contribution in [0.2, 0.25) is 0 Å². The van der Waals surface area contributed by atoms with Gasteiger partial charge >= 0.3 is 0 Å². The normalized spacial score (nSPS) is 45.8. The van der Waals surface area contributed by atoms with E-state index in [1.165, 1.54) is 0 Å². The zero-order valence-electron chi connectivity index (χ0n) is 6.05. The summed E-state index contributed by atoms with van der Waals surface area (Å²) < 4.78 is 4.84. The molecule has 5 nitrogen and oxygen atoms in total. The lowest BCUT2D eigenvalue weighted by Crippen LogP contribution is -2.51. The lowest BCUT2D eigenvalue weighted by atomic mass is 10.0. The molecular weight excluding hydrogens is 150 g/mol. The van der Waals surface area contributed by atoms with Gasteiger partial charge in [0.1, 0.15) is 12.2 Å². The quantitative estimate of drug-likeness (QED) is 0.351. The van der Waals surface area contributed by atoms with Gasteiger partial charge in [0.2, 0.25) is 0 Å². The summed E-state index contributed by atoms with van der Waals surface area (Å²) in [6.45, 7) is 0.0925. The van der Waals surface area contributed by atoms with Gasteiger partial charge < -0.3 is 25.8 Å². The van der Waals surface area contributed by atoms with E-state index in [0.717, 1.165) is 0 Å². The van der Waals surface area contributed by atoms with Crippen molar-refractivity contribution in [2.75, 3.05) is 6.54 Å². The maximum atomic E-state index is 9.19. The Morgan fingerprint density at radius 2 is 2.00 bits per heavy atom. The lowest BCUT2D eigenvalue weighted by Gasteiger charge is -2.34. The Bertz CT molecular complexity index is 132. The predicted octanol–water partition coefficient (Wildman–Crippen LogP) is -2.23. The summed E-state index contributed by atoms with van der Waals surface area (Å²) in [6, 6.07) is 0. The molecule has 0 aromatic heterocycles. The average Bonchev–Trinajstić information content (AvgIpc) is 1.96. The van der Waals surface area contributed by atoms with Gasteiger partial charge in [-0.05, 0) is 0 Å². The van der Waals surface area contributed by atoms with Crippen LogP contribution in [0.15, 0.2) is 0 Å². The van der Waals surface area contributed by atoms with Crippen LogP contribution in [0.3, 0.4) is 0 Å². The van der Waals surface area contributed by atoms with Crippen LogP contribution in [0.5, 0.6) is 0 Å². The average molecular weight is 163 g/mol. The largest absolute Gasteiger partial charge is 0.390 e. The molecule has 1 saturated heterocycles. The van der Waals surface area contributed by atoms with Crippen LogP contribution < -0.4 is 5.73 Å². The molecule has 0 saturated carbocycles. The highest BCUT2D eigenvalue weighted by Gasteiger charge is 2.34. The maximum Gasteiger partial charge on any atom is 0.157 e.